The van der Waals surface area contributed by atoms with Crippen molar-refractivity contribution in [3.63, 3.8) is 0 Å². The van der Waals surface area contributed by atoms with Crippen molar-refractivity contribution in [1.29, 1.82) is 0 Å². The molecule has 0 radical (unpaired) electrons. The van der Waals surface area contributed by atoms with Crippen molar-refractivity contribution in [3.8, 4) is 0 Å². The van der Waals surface area contributed by atoms with Crippen LogP contribution in [0.3, 0.4) is 0 Å². The Morgan fingerprint density at radius 2 is 2.11 bits per heavy atom. The van der Waals surface area contributed by atoms with Crippen LogP contribution in [-0.2, 0) is 9.47 Å². The molecule has 2 N–H and O–H groups in total. The first-order chi connectivity index (χ1) is 8.85. The fourth-order valence-corrected chi connectivity index (χ4v) is 2.27. The number of nitrogens with one attached hydrogen (secondary N) is 1. The van der Waals surface area contributed by atoms with Gasteiger partial charge in [-0.15, -0.1) is 0 Å². The summed E-state index contributed by atoms with van der Waals surface area (Å²) in [6, 6.07) is -0.0300. The average molecular weight is 273 g/mol. The van der Waals surface area contributed by atoms with Crippen LogP contribution in [0.1, 0.15) is 53.4 Å². The topological polar surface area (TPSA) is 67.8 Å². The fourth-order valence-electron chi connectivity index (χ4n) is 2.27. The van der Waals surface area contributed by atoms with E-state index in [1.165, 1.54) is 0 Å². The summed E-state index contributed by atoms with van der Waals surface area (Å²) in [6.07, 6.45) is 2.89. The van der Waals surface area contributed by atoms with E-state index in [9.17, 15) is 4.79 Å². The van der Waals surface area contributed by atoms with Gasteiger partial charge in [0, 0.05) is 0 Å². The maximum Gasteiger partial charge on any atom is 0.407 e. The number of rotatable bonds is 4. The van der Waals surface area contributed by atoms with Crippen LogP contribution in [0, 0.1) is 0 Å². The highest BCUT2D eigenvalue weighted by Gasteiger charge is 2.32. The molecule has 112 valence electrons. The number of aliphatic hydroxyl groups excluding tert-OH is 1. The summed E-state index contributed by atoms with van der Waals surface area (Å²) in [5.41, 5.74) is -0.493. The third-order valence-corrected chi connectivity index (χ3v) is 3.09. The molecule has 0 bridgehead atoms. The Balaban J connectivity index is 2.52. The number of carbonyl (C=O) groups is 1. The molecule has 3 atom stereocenters. The van der Waals surface area contributed by atoms with Crippen molar-refractivity contribution in [2.75, 3.05) is 6.61 Å². The van der Waals surface area contributed by atoms with Crippen molar-refractivity contribution < 1.29 is 19.4 Å². The molecule has 0 aromatic carbocycles. The maximum atomic E-state index is 11.8. The van der Waals surface area contributed by atoms with Gasteiger partial charge in [-0.05, 0) is 40.0 Å². The van der Waals surface area contributed by atoms with Gasteiger partial charge in [-0.25, -0.2) is 4.79 Å². The molecule has 1 saturated heterocycles. The molecule has 0 aromatic rings. The molecular weight excluding hydrogens is 246 g/mol. The quantitative estimate of drug-likeness (QED) is 0.824. The lowest BCUT2D eigenvalue weighted by Gasteiger charge is -2.36. The molecular formula is C14H27NO4. The Kier molecular flexibility index (Phi) is 6.07. The number of aliphatic hydroxyl groups is 1. The molecule has 1 amide bonds. The number of ether oxygens (including phenoxy) is 2. The molecule has 19 heavy (non-hydrogen) atoms. The lowest BCUT2D eigenvalue weighted by atomic mass is 9.96. The predicted octanol–water partition coefficient (Wildman–Crippen LogP) is 2.22. The van der Waals surface area contributed by atoms with Gasteiger partial charge in [0.05, 0.1) is 24.9 Å². The van der Waals surface area contributed by atoms with E-state index in [1.54, 1.807) is 0 Å². The number of hydrogen-bond acceptors (Lipinski definition) is 4. The summed E-state index contributed by atoms with van der Waals surface area (Å²) >= 11 is 0. The molecule has 5 nitrogen and oxygen atoms in total. The van der Waals surface area contributed by atoms with Crippen molar-refractivity contribution in [2.24, 2.45) is 0 Å². The van der Waals surface area contributed by atoms with Crippen LogP contribution in [0.25, 0.3) is 0 Å². The van der Waals surface area contributed by atoms with Crippen molar-refractivity contribution in [2.45, 2.75) is 77.2 Å². The van der Waals surface area contributed by atoms with Crippen LogP contribution in [0.15, 0.2) is 0 Å². The van der Waals surface area contributed by atoms with Gasteiger partial charge in [0.1, 0.15) is 5.60 Å². The minimum absolute atomic E-state index is 0.0300. The predicted molar refractivity (Wildman–Crippen MR) is 73.0 cm³/mol. The SMILES string of the molecule is CCC[C@H]1O[C@H](CO)CC[C@H]1NC(=O)OC(C)(C)C. The second-order valence-corrected chi connectivity index (χ2v) is 6.10. The lowest BCUT2D eigenvalue weighted by Crippen LogP contribution is -2.51. The molecule has 0 saturated carbocycles. The Bertz CT molecular complexity index is 288. The number of hydrogen-bond donors (Lipinski definition) is 2. The lowest BCUT2D eigenvalue weighted by molar-refractivity contribution is -0.0907. The summed E-state index contributed by atoms with van der Waals surface area (Å²) in [5.74, 6) is 0. The first-order valence-corrected chi connectivity index (χ1v) is 7.11. The highest BCUT2D eigenvalue weighted by molar-refractivity contribution is 5.68. The molecule has 1 rings (SSSR count). The zero-order chi connectivity index (χ0) is 14.5. The smallest absolute Gasteiger partial charge is 0.407 e. The van der Waals surface area contributed by atoms with Gasteiger partial charge in [0.25, 0.3) is 0 Å². The molecule has 5 heteroatoms. The van der Waals surface area contributed by atoms with E-state index in [-0.39, 0.29) is 24.9 Å². The van der Waals surface area contributed by atoms with Crippen molar-refractivity contribution in [3.05, 3.63) is 0 Å². The average Bonchev–Trinajstić information content (AvgIpc) is 2.29. The molecule has 0 aliphatic carbocycles. The van der Waals surface area contributed by atoms with Crippen LogP contribution in [-0.4, -0.2) is 41.7 Å². The van der Waals surface area contributed by atoms with Gasteiger partial charge < -0.3 is 19.9 Å². The normalized spacial score (nSPS) is 27.9. The van der Waals surface area contributed by atoms with Gasteiger partial charge in [-0.2, -0.15) is 0 Å². The minimum Gasteiger partial charge on any atom is -0.444 e. The highest BCUT2D eigenvalue weighted by atomic mass is 16.6. The molecule has 1 aliphatic rings. The van der Waals surface area contributed by atoms with Gasteiger partial charge in [-0.1, -0.05) is 13.3 Å². The number of carbonyl (C=O) groups excluding carboxylic acids is 1. The first kappa shape index (κ1) is 16.2. The summed E-state index contributed by atoms with van der Waals surface area (Å²) in [4.78, 5) is 11.8. The number of amides is 1. The molecule has 0 unspecified atom stereocenters. The minimum atomic E-state index is -0.493. The largest absolute Gasteiger partial charge is 0.444 e. The number of alkyl carbamates (subject to hydrolysis) is 1. The zero-order valence-electron chi connectivity index (χ0n) is 12.4. The van der Waals surface area contributed by atoms with Crippen LogP contribution >= 0.6 is 0 Å². The van der Waals surface area contributed by atoms with Crippen LogP contribution in [0.5, 0.6) is 0 Å². The molecule has 0 spiro atoms. The standard InChI is InChI=1S/C14H27NO4/c1-5-6-12-11(8-7-10(9-16)18-12)15-13(17)19-14(2,3)4/h10-12,16H,5-9H2,1-4H3,(H,15,17)/t10-,11+,12+/m0/s1. The van der Waals surface area contributed by atoms with Crippen molar-refractivity contribution in [1.82, 2.24) is 5.32 Å². The van der Waals surface area contributed by atoms with Crippen LogP contribution in [0.2, 0.25) is 0 Å². The Labute approximate surface area is 115 Å². The third kappa shape index (κ3) is 5.78. The van der Waals surface area contributed by atoms with Gasteiger partial charge >= 0.3 is 6.09 Å². The van der Waals surface area contributed by atoms with Gasteiger partial charge in [0.2, 0.25) is 0 Å². The highest BCUT2D eigenvalue weighted by Crippen LogP contribution is 2.23. The maximum absolute atomic E-state index is 11.8. The van der Waals surface area contributed by atoms with E-state index in [1.807, 2.05) is 20.8 Å². The third-order valence-electron chi connectivity index (χ3n) is 3.09. The molecule has 1 heterocycles. The second kappa shape index (κ2) is 7.10. The molecule has 1 fully saturated rings. The van der Waals surface area contributed by atoms with E-state index in [0.717, 1.165) is 25.7 Å². The van der Waals surface area contributed by atoms with E-state index in [4.69, 9.17) is 14.6 Å². The Morgan fingerprint density at radius 3 is 2.63 bits per heavy atom. The summed E-state index contributed by atoms with van der Waals surface area (Å²) in [7, 11) is 0. The summed E-state index contributed by atoms with van der Waals surface area (Å²) in [5, 5.41) is 12.0. The van der Waals surface area contributed by atoms with E-state index >= 15 is 0 Å². The van der Waals surface area contributed by atoms with Crippen molar-refractivity contribution >= 4 is 6.09 Å². The van der Waals surface area contributed by atoms with Gasteiger partial charge in [0.15, 0.2) is 0 Å². The first-order valence-electron chi connectivity index (χ1n) is 7.11. The van der Waals surface area contributed by atoms with Crippen LogP contribution < -0.4 is 5.32 Å². The summed E-state index contributed by atoms with van der Waals surface area (Å²) in [6.45, 7) is 7.65. The van der Waals surface area contributed by atoms with Crippen LogP contribution in [0.4, 0.5) is 4.79 Å². The Hall–Kier alpha value is -0.810. The van der Waals surface area contributed by atoms with E-state index < -0.39 is 11.7 Å². The zero-order valence-corrected chi connectivity index (χ0v) is 12.4. The molecule has 1 aliphatic heterocycles. The Morgan fingerprint density at radius 1 is 1.42 bits per heavy atom. The second-order valence-electron chi connectivity index (χ2n) is 6.10. The summed E-state index contributed by atoms with van der Waals surface area (Å²) < 4.78 is 11.1. The van der Waals surface area contributed by atoms with E-state index in [0.29, 0.717) is 0 Å². The fraction of sp³-hybridized carbons (Fsp3) is 0.929. The molecule has 0 aromatic heterocycles. The van der Waals surface area contributed by atoms with Gasteiger partial charge in [-0.3, -0.25) is 0 Å². The van der Waals surface area contributed by atoms with E-state index in [2.05, 4.69) is 12.2 Å². The monoisotopic (exact) mass is 273 g/mol.